The van der Waals surface area contributed by atoms with Gasteiger partial charge in [0.2, 0.25) is 0 Å². The molecule has 1 aromatic carbocycles. The number of nitrogens with zero attached hydrogens (tertiary/aromatic N) is 2. The van der Waals surface area contributed by atoms with E-state index in [0.29, 0.717) is 12.8 Å². The fourth-order valence-corrected chi connectivity index (χ4v) is 3.38. The summed E-state index contributed by atoms with van der Waals surface area (Å²) in [7, 11) is 0. The fraction of sp³-hybridized carbons (Fsp3) is 0.375. The van der Waals surface area contributed by atoms with Crippen molar-refractivity contribution < 1.29 is 9.90 Å². The van der Waals surface area contributed by atoms with Crippen LogP contribution in [0.4, 0.5) is 16.5 Å². The van der Waals surface area contributed by atoms with Crippen LogP contribution < -0.4 is 10.2 Å². The van der Waals surface area contributed by atoms with Crippen LogP contribution in [0.25, 0.3) is 0 Å². The molecule has 0 aliphatic carbocycles. The summed E-state index contributed by atoms with van der Waals surface area (Å²) in [6.45, 7) is 3.58. The molecule has 1 aromatic heterocycles. The third kappa shape index (κ3) is 3.39. The Morgan fingerprint density at radius 1 is 1.32 bits per heavy atom. The minimum Gasteiger partial charge on any atom is -0.481 e. The summed E-state index contributed by atoms with van der Waals surface area (Å²) < 4.78 is 0. The molecule has 0 radical (unpaired) electrons. The number of carbonyl (C=O) groups is 1. The summed E-state index contributed by atoms with van der Waals surface area (Å²) in [6, 6.07) is 8.22. The predicted molar refractivity (Wildman–Crippen MR) is 89.1 cm³/mol. The number of thiazole rings is 1. The summed E-state index contributed by atoms with van der Waals surface area (Å²) in [5, 5.41) is 15.2. The summed E-state index contributed by atoms with van der Waals surface area (Å²) >= 11 is 1.59. The highest BCUT2D eigenvalue weighted by Crippen LogP contribution is 2.26. The van der Waals surface area contributed by atoms with E-state index in [2.05, 4.69) is 27.3 Å². The first-order valence-corrected chi connectivity index (χ1v) is 8.27. The Morgan fingerprint density at radius 2 is 2.00 bits per heavy atom. The molecule has 0 saturated carbocycles. The zero-order valence-corrected chi connectivity index (χ0v) is 13.3. The van der Waals surface area contributed by atoms with E-state index in [1.165, 1.54) is 0 Å². The maximum Gasteiger partial charge on any atom is 0.306 e. The Balaban J connectivity index is 1.61. The normalized spacial score (nSPS) is 15.8. The highest BCUT2D eigenvalue weighted by Gasteiger charge is 2.24. The minimum absolute atomic E-state index is 0.190. The van der Waals surface area contributed by atoms with E-state index in [-0.39, 0.29) is 5.92 Å². The maximum atomic E-state index is 11.0. The van der Waals surface area contributed by atoms with Gasteiger partial charge in [-0.2, -0.15) is 0 Å². The van der Waals surface area contributed by atoms with Gasteiger partial charge in [-0.3, -0.25) is 4.79 Å². The Morgan fingerprint density at radius 3 is 2.55 bits per heavy atom. The number of aromatic nitrogens is 1. The van der Waals surface area contributed by atoms with Gasteiger partial charge in [0.25, 0.3) is 0 Å². The Kier molecular flexibility index (Phi) is 4.29. The molecule has 2 aromatic rings. The molecule has 6 heteroatoms. The second-order valence-corrected chi connectivity index (χ2v) is 6.42. The lowest BCUT2D eigenvalue weighted by atomic mass is 9.97. The lowest BCUT2D eigenvalue weighted by molar-refractivity contribution is -0.142. The monoisotopic (exact) mass is 317 g/mol. The quantitative estimate of drug-likeness (QED) is 0.903. The molecule has 22 heavy (non-hydrogen) atoms. The number of rotatable bonds is 4. The van der Waals surface area contributed by atoms with Gasteiger partial charge in [0, 0.05) is 29.8 Å². The van der Waals surface area contributed by atoms with Crippen molar-refractivity contribution in [2.24, 2.45) is 5.92 Å². The molecular formula is C16H19N3O2S. The van der Waals surface area contributed by atoms with Gasteiger partial charge in [0.15, 0.2) is 5.13 Å². The van der Waals surface area contributed by atoms with E-state index in [9.17, 15) is 4.79 Å². The number of carboxylic acids is 1. The third-order valence-electron chi connectivity index (χ3n) is 3.95. The lowest BCUT2D eigenvalue weighted by Gasteiger charge is -2.32. The van der Waals surface area contributed by atoms with Gasteiger partial charge in [0.05, 0.1) is 11.6 Å². The molecule has 2 heterocycles. The average molecular weight is 317 g/mol. The van der Waals surface area contributed by atoms with Crippen molar-refractivity contribution in [3.8, 4) is 0 Å². The van der Waals surface area contributed by atoms with Gasteiger partial charge >= 0.3 is 5.97 Å². The smallest absolute Gasteiger partial charge is 0.306 e. The first-order valence-electron chi connectivity index (χ1n) is 7.39. The largest absolute Gasteiger partial charge is 0.481 e. The predicted octanol–water partition coefficient (Wildman–Crippen LogP) is 3.50. The van der Waals surface area contributed by atoms with Gasteiger partial charge in [0.1, 0.15) is 0 Å². The standard InChI is InChI=1S/C16H19N3O2S/c1-11-10-22-16(17-11)18-13-2-4-14(5-3-13)19-8-6-12(7-9-19)15(20)21/h2-5,10,12H,6-9H2,1H3,(H,17,18)(H,20,21). The number of carboxylic acid groups (broad SMARTS) is 1. The summed E-state index contributed by atoms with van der Waals surface area (Å²) in [6.07, 6.45) is 1.43. The minimum atomic E-state index is -0.669. The first kappa shape index (κ1) is 14.8. The van der Waals surface area contributed by atoms with Crippen LogP contribution in [0.3, 0.4) is 0 Å². The Labute approximate surface area is 133 Å². The molecule has 0 bridgehead atoms. The molecule has 5 nitrogen and oxygen atoms in total. The Hall–Kier alpha value is -2.08. The van der Waals surface area contributed by atoms with Crippen LogP contribution in [0.5, 0.6) is 0 Å². The lowest BCUT2D eigenvalue weighted by Crippen LogP contribution is -2.36. The highest BCUT2D eigenvalue weighted by atomic mass is 32.1. The number of hydrogen-bond acceptors (Lipinski definition) is 5. The van der Waals surface area contributed by atoms with E-state index in [4.69, 9.17) is 5.11 Å². The fourth-order valence-electron chi connectivity index (χ4n) is 2.68. The molecule has 116 valence electrons. The molecule has 1 saturated heterocycles. The molecule has 0 atom stereocenters. The van der Waals surface area contributed by atoms with E-state index < -0.39 is 5.97 Å². The number of anilines is 3. The van der Waals surface area contributed by atoms with Crippen molar-refractivity contribution in [2.75, 3.05) is 23.3 Å². The number of aliphatic carboxylic acids is 1. The van der Waals surface area contributed by atoms with Crippen molar-refractivity contribution >= 4 is 33.8 Å². The number of hydrogen-bond donors (Lipinski definition) is 2. The molecule has 1 fully saturated rings. The summed E-state index contributed by atoms with van der Waals surface area (Å²) in [5.74, 6) is -0.858. The van der Waals surface area contributed by atoms with E-state index >= 15 is 0 Å². The number of aryl methyl sites for hydroxylation is 1. The first-order chi connectivity index (χ1) is 10.6. The van der Waals surface area contributed by atoms with Gasteiger partial charge in [-0.15, -0.1) is 11.3 Å². The zero-order chi connectivity index (χ0) is 15.5. The van der Waals surface area contributed by atoms with Crippen molar-refractivity contribution in [2.45, 2.75) is 19.8 Å². The molecule has 2 N–H and O–H groups in total. The average Bonchev–Trinajstić information content (AvgIpc) is 2.93. The SMILES string of the molecule is Cc1csc(Nc2ccc(N3CCC(C(=O)O)CC3)cc2)n1. The van der Waals surface area contributed by atoms with Crippen LogP contribution in [-0.4, -0.2) is 29.1 Å². The van der Waals surface area contributed by atoms with Crippen LogP contribution in [0.2, 0.25) is 0 Å². The Bertz CT molecular complexity index is 646. The molecule has 0 amide bonds. The molecule has 1 aliphatic rings. The van der Waals surface area contributed by atoms with E-state index in [0.717, 1.165) is 35.3 Å². The van der Waals surface area contributed by atoms with Crippen molar-refractivity contribution in [3.63, 3.8) is 0 Å². The number of benzene rings is 1. The van der Waals surface area contributed by atoms with Crippen molar-refractivity contribution in [3.05, 3.63) is 35.3 Å². The highest BCUT2D eigenvalue weighted by molar-refractivity contribution is 7.13. The van der Waals surface area contributed by atoms with Crippen LogP contribution >= 0.6 is 11.3 Å². The third-order valence-corrected chi connectivity index (χ3v) is 4.82. The van der Waals surface area contributed by atoms with Crippen LogP contribution in [0.15, 0.2) is 29.6 Å². The van der Waals surface area contributed by atoms with E-state index in [1.54, 1.807) is 11.3 Å². The summed E-state index contributed by atoms with van der Waals surface area (Å²) in [4.78, 5) is 17.6. The topological polar surface area (TPSA) is 65.5 Å². The molecule has 0 spiro atoms. The summed E-state index contributed by atoms with van der Waals surface area (Å²) in [5.41, 5.74) is 3.17. The van der Waals surface area contributed by atoms with E-state index in [1.807, 2.05) is 24.4 Å². The van der Waals surface area contributed by atoms with Crippen LogP contribution in [-0.2, 0) is 4.79 Å². The molecular weight excluding hydrogens is 298 g/mol. The number of piperidine rings is 1. The second-order valence-electron chi connectivity index (χ2n) is 5.57. The van der Waals surface area contributed by atoms with Gasteiger partial charge < -0.3 is 15.3 Å². The van der Waals surface area contributed by atoms with Gasteiger partial charge in [-0.1, -0.05) is 0 Å². The van der Waals surface area contributed by atoms with Crippen molar-refractivity contribution in [1.82, 2.24) is 4.98 Å². The van der Waals surface area contributed by atoms with Crippen LogP contribution in [0, 0.1) is 12.8 Å². The molecule has 1 aliphatic heterocycles. The van der Waals surface area contributed by atoms with Gasteiger partial charge in [-0.25, -0.2) is 4.98 Å². The van der Waals surface area contributed by atoms with Crippen LogP contribution in [0.1, 0.15) is 18.5 Å². The van der Waals surface area contributed by atoms with Crippen molar-refractivity contribution in [1.29, 1.82) is 0 Å². The molecule has 0 unspecified atom stereocenters. The maximum absolute atomic E-state index is 11.0. The number of nitrogens with one attached hydrogen (secondary N) is 1. The van der Waals surface area contributed by atoms with Gasteiger partial charge in [-0.05, 0) is 44.0 Å². The molecule has 3 rings (SSSR count). The second kappa shape index (κ2) is 6.36. The zero-order valence-electron chi connectivity index (χ0n) is 12.5.